The average molecular weight is 280 g/mol. The Bertz CT molecular complexity index is 773. The lowest BCUT2D eigenvalue weighted by Gasteiger charge is -2.14. The molecule has 1 aliphatic heterocycles. The van der Waals surface area contributed by atoms with Crippen LogP contribution in [0.3, 0.4) is 0 Å². The average Bonchev–Trinajstić information content (AvgIpc) is 2.75. The number of rotatable bonds is 2. The largest absolute Gasteiger partial charge is 0.270 e. The van der Waals surface area contributed by atoms with E-state index >= 15 is 0 Å². The topological polar surface area (TPSA) is 61.2 Å². The summed E-state index contributed by atoms with van der Waals surface area (Å²) in [5, 5.41) is 8.84. The Kier molecular flexibility index (Phi) is 2.99. The van der Waals surface area contributed by atoms with Crippen LogP contribution in [0.4, 0.5) is 4.39 Å². The normalized spacial score (nSPS) is 13.2. The highest BCUT2D eigenvalue weighted by molar-refractivity contribution is 6.21. The van der Waals surface area contributed by atoms with Crippen LogP contribution in [0.15, 0.2) is 42.5 Å². The van der Waals surface area contributed by atoms with Crippen LogP contribution in [0.25, 0.3) is 0 Å². The molecule has 4 nitrogen and oxygen atoms in total. The minimum atomic E-state index is -0.550. The molecule has 0 N–H and O–H groups in total. The summed E-state index contributed by atoms with van der Waals surface area (Å²) in [6.07, 6.45) is 0. The van der Waals surface area contributed by atoms with Gasteiger partial charge in [-0.25, -0.2) is 4.39 Å². The molecule has 1 heterocycles. The Labute approximate surface area is 120 Å². The van der Waals surface area contributed by atoms with Gasteiger partial charge in [0.25, 0.3) is 11.8 Å². The maximum Gasteiger partial charge on any atom is 0.261 e. The van der Waals surface area contributed by atoms with E-state index in [4.69, 9.17) is 5.26 Å². The Morgan fingerprint density at radius 2 is 1.67 bits per heavy atom. The first kappa shape index (κ1) is 13.0. The van der Waals surface area contributed by atoms with E-state index in [9.17, 15) is 14.0 Å². The van der Waals surface area contributed by atoms with Gasteiger partial charge < -0.3 is 0 Å². The van der Waals surface area contributed by atoms with Gasteiger partial charge in [0, 0.05) is 5.56 Å². The van der Waals surface area contributed by atoms with E-state index < -0.39 is 17.6 Å². The van der Waals surface area contributed by atoms with Crippen LogP contribution in [-0.4, -0.2) is 16.7 Å². The van der Waals surface area contributed by atoms with Crippen molar-refractivity contribution in [3.05, 3.63) is 70.5 Å². The van der Waals surface area contributed by atoms with Gasteiger partial charge in [-0.05, 0) is 30.3 Å². The van der Waals surface area contributed by atoms with Crippen LogP contribution in [-0.2, 0) is 6.54 Å². The highest BCUT2D eigenvalue weighted by Gasteiger charge is 2.35. The van der Waals surface area contributed by atoms with E-state index in [1.807, 2.05) is 6.07 Å². The lowest BCUT2D eigenvalue weighted by molar-refractivity contribution is 0.0641. The Morgan fingerprint density at radius 1 is 1.05 bits per heavy atom. The number of amides is 2. The zero-order chi connectivity index (χ0) is 15.0. The predicted octanol–water partition coefficient (Wildman–Crippen LogP) is 2.49. The lowest BCUT2D eigenvalue weighted by atomic mass is 10.1. The number of imide groups is 1. The number of nitrogens with zero attached hydrogens (tertiary/aromatic N) is 2. The van der Waals surface area contributed by atoms with Crippen LogP contribution < -0.4 is 0 Å². The van der Waals surface area contributed by atoms with Crippen LogP contribution in [0, 0.1) is 17.1 Å². The first-order chi connectivity index (χ1) is 10.1. The molecule has 0 unspecified atom stereocenters. The number of benzene rings is 2. The van der Waals surface area contributed by atoms with Gasteiger partial charge in [0.2, 0.25) is 0 Å². The second-order valence-electron chi connectivity index (χ2n) is 4.66. The quantitative estimate of drug-likeness (QED) is 0.794. The van der Waals surface area contributed by atoms with Crippen molar-refractivity contribution in [2.45, 2.75) is 6.54 Å². The van der Waals surface area contributed by atoms with Crippen molar-refractivity contribution in [3.8, 4) is 6.07 Å². The Balaban J connectivity index is 1.96. The van der Waals surface area contributed by atoms with Gasteiger partial charge in [0.1, 0.15) is 5.82 Å². The summed E-state index contributed by atoms with van der Waals surface area (Å²) in [4.78, 5) is 25.4. The summed E-state index contributed by atoms with van der Waals surface area (Å²) in [5.74, 6) is -1.44. The molecule has 1 aliphatic rings. The van der Waals surface area contributed by atoms with Crippen molar-refractivity contribution >= 4 is 11.8 Å². The molecule has 0 atom stereocenters. The van der Waals surface area contributed by atoms with Crippen LogP contribution in [0.5, 0.6) is 0 Å². The fourth-order valence-electron chi connectivity index (χ4n) is 2.32. The Morgan fingerprint density at radius 3 is 2.24 bits per heavy atom. The maximum atomic E-state index is 13.8. The molecule has 0 bridgehead atoms. The molecule has 102 valence electrons. The van der Waals surface area contributed by atoms with E-state index in [2.05, 4.69) is 0 Å². The molecule has 0 spiro atoms. The van der Waals surface area contributed by atoms with Gasteiger partial charge in [0.15, 0.2) is 0 Å². The second-order valence-corrected chi connectivity index (χ2v) is 4.66. The van der Waals surface area contributed by atoms with Gasteiger partial charge >= 0.3 is 0 Å². The number of carbonyl (C=O) groups excluding carboxylic acids is 2. The summed E-state index contributed by atoms with van der Waals surface area (Å²) in [7, 11) is 0. The standard InChI is InChI=1S/C16H9FN2O2/c17-14-6-5-10(8-18)7-11(14)9-19-15(20)12-3-1-2-4-13(12)16(19)21/h1-7H,9H2. The molecule has 0 aliphatic carbocycles. The van der Waals surface area contributed by atoms with Crippen molar-refractivity contribution in [1.29, 1.82) is 5.26 Å². The molecule has 0 radical (unpaired) electrons. The van der Waals surface area contributed by atoms with Crippen molar-refractivity contribution < 1.29 is 14.0 Å². The fourth-order valence-corrected chi connectivity index (χ4v) is 2.32. The van der Waals surface area contributed by atoms with Gasteiger partial charge in [-0.2, -0.15) is 5.26 Å². The van der Waals surface area contributed by atoms with Crippen molar-refractivity contribution in [3.63, 3.8) is 0 Å². The predicted molar refractivity (Wildman–Crippen MR) is 71.8 cm³/mol. The van der Waals surface area contributed by atoms with Crippen molar-refractivity contribution in [2.75, 3.05) is 0 Å². The van der Waals surface area contributed by atoms with Gasteiger partial charge in [-0.1, -0.05) is 12.1 Å². The van der Waals surface area contributed by atoms with E-state index in [1.54, 1.807) is 24.3 Å². The molecule has 0 saturated heterocycles. The summed E-state index contributed by atoms with van der Waals surface area (Å²) in [6, 6.07) is 12.2. The third kappa shape index (κ3) is 2.07. The number of carbonyl (C=O) groups is 2. The highest BCUT2D eigenvalue weighted by Crippen LogP contribution is 2.25. The minimum absolute atomic E-state index is 0.142. The van der Waals surface area contributed by atoms with Crippen molar-refractivity contribution in [2.24, 2.45) is 0 Å². The van der Waals surface area contributed by atoms with Crippen LogP contribution in [0.1, 0.15) is 31.8 Å². The van der Waals surface area contributed by atoms with E-state index in [1.165, 1.54) is 12.1 Å². The number of halogens is 1. The van der Waals surface area contributed by atoms with Crippen LogP contribution in [0.2, 0.25) is 0 Å². The van der Waals surface area contributed by atoms with Crippen molar-refractivity contribution in [1.82, 2.24) is 4.90 Å². The molecular weight excluding hydrogens is 271 g/mol. The highest BCUT2D eigenvalue weighted by atomic mass is 19.1. The molecule has 21 heavy (non-hydrogen) atoms. The van der Waals surface area contributed by atoms with E-state index in [-0.39, 0.29) is 17.7 Å². The third-order valence-corrected chi connectivity index (χ3v) is 3.38. The Hall–Kier alpha value is -3.00. The summed E-state index contributed by atoms with van der Waals surface area (Å²) < 4.78 is 13.8. The molecule has 2 amide bonds. The zero-order valence-electron chi connectivity index (χ0n) is 10.8. The molecule has 2 aromatic rings. The smallest absolute Gasteiger partial charge is 0.261 e. The number of hydrogen-bond donors (Lipinski definition) is 0. The first-order valence-corrected chi connectivity index (χ1v) is 6.25. The van der Waals surface area contributed by atoms with Crippen LogP contribution >= 0.6 is 0 Å². The second kappa shape index (κ2) is 4.84. The number of hydrogen-bond acceptors (Lipinski definition) is 3. The maximum absolute atomic E-state index is 13.8. The molecular formula is C16H9FN2O2. The third-order valence-electron chi connectivity index (χ3n) is 3.38. The zero-order valence-corrected chi connectivity index (χ0v) is 10.8. The molecule has 0 aromatic heterocycles. The monoisotopic (exact) mass is 280 g/mol. The van der Waals surface area contributed by atoms with Gasteiger partial charge in [0.05, 0.1) is 29.3 Å². The summed E-state index contributed by atoms with van der Waals surface area (Å²) in [5.41, 5.74) is 1.06. The minimum Gasteiger partial charge on any atom is -0.270 e. The summed E-state index contributed by atoms with van der Waals surface area (Å²) in [6.45, 7) is -0.187. The van der Waals surface area contributed by atoms with E-state index in [0.717, 1.165) is 11.0 Å². The number of nitriles is 1. The molecule has 5 heteroatoms. The van der Waals surface area contributed by atoms with E-state index in [0.29, 0.717) is 11.1 Å². The molecule has 2 aromatic carbocycles. The lowest BCUT2D eigenvalue weighted by Crippen LogP contribution is -2.29. The molecule has 0 fully saturated rings. The number of fused-ring (bicyclic) bond motifs is 1. The molecule has 0 saturated carbocycles. The van der Waals surface area contributed by atoms with Gasteiger partial charge in [-0.15, -0.1) is 0 Å². The molecule has 3 rings (SSSR count). The SMILES string of the molecule is N#Cc1ccc(F)c(CN2C(=O)c3ccccc3C2=O)c1. The first-order valence-electron chi connectivity index (χ1n) is 6.25. The summed E-state index contributed by atoms with van der Waals surface area (Å²) >= 11 is 0. The fraction of sp³-hybridized carbons (Fsp3) is 0.0625. The van der Waals surface area contributed by atoms with Gasteiger partial charge in [-0.3, -0.25) is 14.5 Å².